The summed E-state index contributed by atoms with van der Waals surface area (Å²) in [6.45, 7) is 7.77. The third-order valence-electron chi connectivity index (χ3n) is 1.65. The number of hydrogen-bond donors (Lipinski definition) is 1. The highest BCUT2D eigenvalue weighted by atomic mass is 16.5. The van der Waals surface area contributed by atoms with Gasteiger partial charge in [-0.05, 0) is 32.9 Å². The fourth-order valence-electron chi connectivity index (χ4n) is 1.20. The van der Waals surface area contributed by atoms with Gasteiger partial charge in [-0.15, -0.1) is 0 Å². The van der Waals surface area contributed by atoms with Crippen LogP contribution in [0.4, 0.5) is 0 Å². The van der Waals surface area contributed by atoms with Crippen LogP contribution in [-0.4, -0.2) is 19.2 Å². The maximum absolute atomic E-state index is 5.46. The van der Waals surface area contributed by atoms with Crippen LogP contribution < -0.4 is 5.32 Å². The summed E-state index contributed by atoms with van der Waals surface area (Å²) in [5.74, 6) is 0.840. The fraction of sp³-hybridized carbons (Fsp3) is 0.750. The zero-order valence-electron chi connectivity index (χ0n) is 6.52. The van der Waals surface area contributed by atoms with Gasteiger partial charge in [-0.2, -0.15) is 0 Å². The Morgan fingerprint density at radius 2 is 2.10 bits per heavy atom. The van der Waals surface area contributed by atoms with Crippen LogP contribution in [0.5, 0.6) is 0 Å². The third-order valence-corrected chi connectivity index (χ3v) is 1.65. The van der Waals surface area contributed by atoms with Crippen LogP contribution in [0.1, 0.15) is 19.8 Å². The van der Waals surface area contributed by atoms with Crippen molar-refractivity contribution in [2.45, 2.75) is 25.9 Å². The monoisotopic (exact) mass is 141 g/mol. The van der Waals surface area contributed by atoms with Crippen molar-refractivity contribution in [1.29, 1.82) is 0 Å². The van der Waals surface area contributed by atoms with Crippen LogP contribution in [-0.2, 0) is 4.74 Å². The summed E-state index contributed by atoms with van der Waals surface area (Å²) in [6, 6.07) is 0. The Hall–Kier alpha value is -0.500. The Morgan fingerprint density at radius 1 is 1.50 bits per heavy atom. The second-order valence-electron chi connectivity index (χ2n) is 2.77. The molecule has 1 fully saturated rings. The van der Waals surface area contributed by atoms with Gasteiger partial charge in [-0.3, -0.25) is 0 Å². The highest BCUT2D eigenvalue weighted by Crippen LogP contribution is 2.10. The molecule has 0 aromatic heterocycles. The molecule has 2 heteroatoms. The topological polar surface area (TPSA) is 21.3 Å². The first-order valence-corrected chi connectivity index (χ1v) is 3.82. The van der Waals surface area contributed by atoms with E-state index < -0.39 is 0 Å². The molecule has 0 saturated carbocycles. The van der Waals surface area contributed by atoms with Crippen LogP contribution >= 0.6 is 0 Å². The molecule has 1 N–H and O–H groups in total. The SMILES string of the molecule is C=C(C)OC1CCNCC1. The number of nitrogens with one attached hydrogen (secondary N) is 1. The molecule has 1 heterocycles. The first kappa shape index (κ1) is 7.61. The maximum Gasteiger partial charge on any atom is 0.101 e. The summed E-state index contributed by atoms with van der Waals surface area (Å²) < 4.78 is 5.46. The summed E-state index contributed by atoms with van der Waals surface area (Å²) >= 11 is 0. The number of ether oxygens (including phenoxy) is 1. The zero-order chi connectivity index (χ0) is 7.40. The first-order valence-electron chi connectivity index (χ1n) is 3.82. The summed E-state index contributed by atoms with van der Waals surface area (Å²) in [4.78, 5) is 0. The van der Waals surface area contributed by atoms with Gasteiger partial charge in [0.1, 0.15) is 6.10 Å². The molecular weight excluding hydrogens is 126 g/mol. The van der Waals surface area contributed by atoms with Gasteiger partial charge in [0, 0.05) is 0 Å². The van der Waals surface area contributed by atoms with Gasteiger partial charge in [0.15, 0.2) is 0 Å². The average molecular weight is 141 g/mol. The molecular formula is C8H15NO. The number of allylic oxidation sites excluding steroid dienone is 1. The van der Waals surface area contributed by atoms with Crippen molar-refractivity contribution in [3.8, 4) is 0 Å². The van der Waals surface area contributed by atoms with E-state index in [0.29, 0.717) is 6.10 Å². The summed E-state index contributed by atoms with van der Waals surface area (Å²) in [7, 11) is 0. The van der Waals surface area contributed by atoms with Crippen LogP contribution in [0.2, 0.25) is 0 Å². The van der Waals surface area contributed by atoms with Gasteiger partial charge < -0.3 is 10.1 Å². The van der Waals surface area contributed by atoms with Crippen molar-refractivity contribution in [2.75, 3.05) is 13.1 Å². The van der Waals surface area contributed by atoms with E-state index in [2.05, 4.69) is 11.9 Å². The zero-order valence-corrected chi connectivity index (χ0v) is 6.52. The van der Waals surface area contributed by atoms with Gasteiger partial charge in [0.05, 0.1) is 5.76 Å². The predicted octanol–water partition coefficient (Wildman–Crippen LogP) is 1.29. The van der Waals surface area contributed by atoms with Crippen LogP contribution in [0, 0.1) is 0 Å². The molecule has 0 aromatic rings. The average Bonchev–Trinajstić information content (AvgIpc) is 1.88. The lowest BCUT2D eigenvalue weighted by Gasteiger charge is -2.23. The van der Waals surface area contributed by atoms with Crippen LogP contribution in [0.15, 0.2) is 12.3 Å². The highest BCUT2D eigenvalue weighted by Gasteiger charge is 2.12. The van der Waals surface area contributed by atoms with Gasteiger partial charge in [-0.1, -0.05) is 6.58 Å². The standard InChI is InChI=1S/C8H15NO/c1-7(2)10-8-3-5-9-6-4-8/h8-9H,1,3-6H2,2H3. The maximum atomic E-state index is 5.46. The largest absolute Gasteiger partial charge is 0.496 e. The van der Waals surface area contributed by atoms with Crippen LogP contribution in [0.25, 0.3) is 0 Å². The van der Waals surface area contributed by atoms with Crippen molar-refractivity contribution >= 4 is 0 Å². The quantitative estimate of drug-likeness (QED) is 0.585. The molecule has 0 spiro atoms. The Morgan fingerprint density at radius 3 is 2.60 bits per heavy atom. The van der Waals surface area contributed by atoms with E-state index in [4.69, 9.17) is 4.74 Å². The summed E-state index contributed by atoms with van der Waals surface area (Å²) in [6.07, 6.45) is 2.65. The number of hydrogen-bond acceptors (Lipinski definition) is 2. The molecule has 0 aromatic carbocycles. The molecule has 1 saturated heterocycles. The first-order chi connectivity index (χ1) is 4.79. The molecule has 2 nitrogen and oxygen atoms in total. The minimum absolute atomic E-state index is 0.416. The molecule has 0 amide bonds. The normalized spacial score (nSPS) is 20.5. The molecule has 0 atom stereocenters. The molecule has 1 aliphatic rings. The van der Waals surface area contributed by atoms with Gasteiger partial charge in [0.25, 0.3) is 0 Å². The van der Waals surface area contributed by atoms with E-state index in [1.165, 1.54) is 0 Å². The van der Waals surface area contributed by atoms with E-state index >= 15 is 0 Å². The molecule has 0 unspecified atom stereocenters. The van der Waals surface area contributed by atoms with E-state index in [9.17, 15) is 0 Å². The molecule has 0 bridgehead atoms. The Balaban J connectivity index is 2.19. The molecule has 1 rings (SSSR count). The molecule has 1 aliphatic heterocycles. The fourth-order valence-corrected chi connectivity index (χ4v) is 1.20. The van der Waals surface area contributed by atoms with Gasteiger partial charge in [-0.25, -0.2) is 0 Å². The van der Waals surface area contributed by atoms with E-state index in [-0.39, 0.29) is 0 Å². The summed E-state index contributed by atoms with van der Waals surface area (Å²) in [5, 5.41) is 3.28. The molecule has 58 valence electrons. The van der Waals surface area contributed by atoms with Crippen molar-refractivity contribution in [1.82, 2.24) is 5.32 Å². The second kappa shape index (κ2) is 3.62. The van der Waals surface area contributed by atoms with Crippen molar-refractivity contribution in [2.24, 2.45) is 0 Å². The molecule has 10 heavy (non-hydrogen) atoms. The third kappa shape index (κ3) is 2.40. The summed E-state index contributed by atoms with van der Waals surface area (Å²) in [5.41, 5.74) is 0. The Labute approximate surface area is 62.3 Å². The lowest BCUT2D eigenvalue weighted by molar-refractivity contribution is 0.0904. The lowest BCUT2D eigenvalue weighted by atomic mass is 10.1. The molecule has 0 aliphatic carbocycles. The Kier molecular flexibility index (Phi) is 2.75. The van der Waals surface area contributed by atoms with Crippen molar-refractivity contribution in [3.05, 3.63) is 12.3 Å². The number of piperidine rings is 1. The van der Waals surface area contributed by atoms with Gasteiger partial charge >= 0.3 is 0 Å². The minimum Gasteiger partial charge on any atom is -0.496 e. The van der Waals surface area contributed by atoms with Crippen LogP contribution in [0.3, 0.4) is 0 Å². The predicted molar refractivity (Wildman–Crippen MR) is 41.8 cm³/mol. The van der Waals surface area contributed by atoms with Crippen molar-refractivity contribution < 1.29 is 4.74 Å². The van der Waals surface area contributed by atoms with Crippen molar-refractivity contribution in [3.63, 3.8) is 0 Å². The van der Waals surface area contributed by atoms with E-state index in [1.807, 2.05) is 6.92 Å². The highest BCUT2D eigenvalue weighted by molar-refractivity contribution is 4.79. The van der Waals surface area contributed by atoms with E-state index in [1.54, 1.807) is 0 Å². The van der Waals surface area contributed by atoms with E-state index in [0.717, 1.165) is 31.7 Å². The lowest BCUT2D eigenvalue weighted by Crippen LogP contribution is -2.32. The van der Waals surface area contributed by atoms with Gasteiger partial charge in [0.2, 0.25) is 0 Å². The smallest absolute Gasteiger partial charge is 0.101 e. The molecule has 0 radical (unpaired) electrons. The number of rotatable bonds is 2. The Bertz CT molecular complexity index is 116. The second-order valence-corrected chi connectivity index (χ2v) is 2.77. The minimum atomic E-state index is 0.416.